The number of fused-ring (bicyclic) bond motifs is 8. The second kappa shape index (κ2) is 13.4. The van der Waals surface area contributed by atoms with Crippen molar-refractivity contribution in [1.82, 2.24) is 4.40 Å². The molecule has 59 heavy (non-hydrogen) atoms. The first-order valence-corrected chi connectivity index (χ1v) is 20.2. The Bertz CT molecular complexity index is 3540. The molecule has 3 heteroatoms. The van der Waals surface area contributed by atoms with Crippen molar-refractivity contribution in [3.8, 4) is 33.4 Å². The monoisotopic (exact) mass is 752 g/mol. The maximum absolute atomic E-state index is 6.42. The highest BCUT2D eigenvalue weighted by molar-refractivity contribution is 6.15. The molecule has 0 N–H and O–H groups in total. The summed E-state index contributed by atoms with van der Waals surface area (Å²) >= 11 is 0. The molecule has 0 unspecified atom stereocenters. The normalized spacial score (nSPS) is 11.7. The van der Waals surface area contributed by atoms with Crippen LogP contribution in [0.3, 0.4) is 0 Å². The third kappa shape index (κ3) is 5.36. The fraction of sp³-hybridized carbons (Fsp3) is 0. The van der Waals surface area contributed by atoms with Crippen LogP contribution in [0.25, 0.3) is 93.3 Å². The van der Waals surface area contributed by atoms with E-state index in [1.807, 2.05) is 6.07 Å². The number of hydrogen-bond acceptors (Lipinski definition) is 2. The van der Waals surface area contributed by atoms with Crippen LogP contribution in [-0.2, 0) is 0 Å². The van der Waals surface area contributed by atoms with Gasteiger partial charge in [-0.05, 0) is 104 Å². The number of anilines is 3. The Morgan fingerprint density at radius 3 is 1.76 bits per heavy atom. The molecular formula is C56H36N2O. The first kappa shape index (κ1) is 33.3. The van der Waals surface area contributed by atoms with Crippen LogP contribution in [0.15, 0.2) is 223 Å². The summed E-state index contributed by atoms with van der Waals surface area (Å²) in [5.74, 6) is 0. The summed E-state index contributed by atoms with van der Waals surface area (Å²) in [6.45, 7) is 0. The van der Waals surface area contributed by atoms with Gasteiger partial charge in [0.2, 0.25) is 0 Å². The molecule has 12 aromatic rings. The minimum Gasteiger partial charge on any atom is -0.456 e. The Morgan fingerprint density at radius 2 is 0.966 bits per heavy atom. The number of pyridine rings is 1. The Balaban J connectivity index is 1.04. The van der Waals surface area contributed by atoms with Crippen molar-refractivity contribution in [3.05, 3.63) is 219 Å². The highest BCUT2D eigenvalue weighted by Gasteiger charge is 2.22. The van der Waals surface area contributed by atoms with Crippen LogP contribution >= 0.6 is 0 Å². The van der Waals surface area contributed by atoms with Gasteiger partial charge in [-0.2, -0.15) is 0 Å². The molecule has 0 bridgehead atoms. The predicted molar refractivity (Wildman–Crippen MR) is 248 cm³/mol. The van der Waals surface area contributed by atoms with Gasteiger partial charge in [-0.1, -0.05) is 158 Å². The zero-order valence-electron chi connectivity index (χ0n) is 32.1. The van der Waals surface area contributed by atoms with E-state index < -0.39 is 0 Å². The van der Waals surface area contributed by atoms with Crippen LogP contribution in [0, 0.1) is 0 Å². The number of benzene rings is 9. The zero-order chi connectivity index (χ0) is 38.9. The second-order valence-corrected chi connectivity index (χ2v) is 15.3. The van der Waals surface area contributed by atoms with Crippen LogP contribution < -0.4 is 4.90 Å². The number of rotatable bonds is 6. The Morgan fingerprint density at radius 1 is 0.373 bits per heavy atom. The molecule has 0 radical (unpaired) electrons. The van der Waals surface area contributed by atoms with E-state index in [4.69, 9.17) is 4.42 Å². The molecule has 3 heterocycles. The third-order valence-electron chi connectivity index (χ3n) is 12.0. The summed E-state index contributed by atoms with van der Waals surface area (Å²) in [4.78, 5) is 2.37. The van der Waals surface area contributed by atoms with Crippen molar-refractivity contribution in [2.24, 2.45) is 0 Å². The van der Waals surface area contributed by atoms with Crippen molar-refractivity contribution >= 4 is 77.0 Å². The number of hydrogen-bond donors (Lipinski definition) is 0. The molecule has 276 valence electrons. The Labute approximate surface area is 341 Å². The molecule has 0 fully saturated rings. The highest BCUT2D eigenvalue weighted by Crippen LogP contribution is 2.46. The third-order valence-corrected chi connectivity index (χ3v) is 12.0. The lowest BCUT2D eigenvalue weighted by molar-refractivity contribution is 0.669. The maximum Gasteiger partial charge on any atom is 0.137 e. The van der Waals surface area contributed by atoms with Gasteiger partial charge < -0.3 is 13.7 Å². The van der Waals surface area contributed by atoms with Crippen LogP contribution in [0.1, 0.15) is 0 Å². The van der Waals surface area contributed by atoms with E-state index >= 15 is 0 Å². The topological polar surface area (TPSA) is 20.8 Å². The second-order valence-electron chi connectivity index (χ2n) is 15.3. The van der Waals surface area contributed by atoms with E-state index in [1.165, 1.54) is 65.8 Å². The van der Waals surface area contributed by atoms with Crippen molar-refractivity contribution in [3.63, 3.8) is 0 Å². The smallest absolute Gasteiger partial charge is 0.137 e. The average Bonchev–Trinajstić information content (AvgIpc) is 3.85. The van der Waals surface area contributed by atoms with Crippen LogP contribution in [0.5, 0.6) is 0 Å². The summed E-state index contributed by atoms with van der Waals surface area (Å²) < 4.78 is 8.79. The lowest BCUT2D eigenvalue weighted by Gasteiger charge is -2.27. The number of aromatic nitrogens is 1. The summed E-state index contributed by atoms with van der Waals surface area (Å²) in [6, 6.07) is 76.4. The van der Waals surface area contributed by atoms with Crippen LogP contribution in [0.4, 0.5) is 17.1 Å². The zero-order valence-corrected chi connectivity index (χ0v) is 32.1. The van der Waals surface area contributed by atoms with Gasteiger partial charge in [-0.25, -0.2) is 0 Å². The van der Waals surface area contributed by atoms with E-state index in [0.29, 0.717) is 0 Å². The van der Waals surface area contributed by atoms with Gasteiger partial charge in [0.15, 0.2) is 0 Å². The highest BCUT2D eigenvalue weighted by atomic mass is 16.3. The molecule has 0 aliphatic rings. The molecular weight excluding hydrogens is 717 g/mol. The van der Waals surface area contributed by atoms with E-state index in [1.54, 1.807) is 0 Å². The van der Waals surface area contributed by atoms with E-state index in [9.17, 15) is 0 Å². The van der Waals surface area contributed by atoms with Gasteiger partial charge in [0.05, 0.1) is 22.1 Å². The first-order valence-electron chi connectivity index (χ1n) is 20.2. The minimum absolute atomic E-state index is 0.867. The van der Waals surface area contributed by atoms with Gasteiger partial charge in [0.25, 0.3) is 0 Å². The molecule has 12 rings (SSSR count). The van der Waals surface area contributed by atoms with Gasteiger partial charge in [0, 0.05) is 33.9 Å². The quantitative estimate of drug-likeness (QED) is 0.169. The molecule has 9 aromatic carbocycles. The lowest BCUT2D eigenvalue weighted by atomic mass is 9.95. The van der Waals surface area contributed by atoms with Crippen molar-refractivity contribution in [2.45, 2.75) is 0 Å². The summed E-state index contributed by atoms with van der Waals surface area (Å²) in [5, 5.41) is 8.38. The molecule has 0 aliphatic heterocycles. The summed E-state index contributed by atoms with van der Waals surface area (Å²) in [7, 11) is 0. The van der Waals surface area contributed by atoms with Crippen molar-refractivity contribution in [2.75, 3.05) is 4.90 Å². The average molecular weight is 753 g/mol. The van der Waals surface area contributed by atoms with Gasteiger partial charge in [-0.3, -0.25) is 0 Å². The Hall–Kier alpha value is -7.88. The number of nitrogens with zero attached hydrogens (tertiary/aromatic N) is 2. The van der Waals surface area contributed by atoms with E-state index in [0.717, 1.165) is 44.6 Å². The largest absolute Gasteiger partial charge is 0.456 e. The van der Waals surface area contributed by atoms with Crippen LogP contribution in [-0.4, -0.2) is 4.40 Å². The van der Waals surface area contributed by atoms with Gasteiger partial charge in [0.1, 0.15) is 11.2 Å². The lowest BCUT2D eigenvalue weighted by Crippen LogP contribution is -2.10. The van der Waals surface area contributed by atoms with Crippen molar-refractivity contribution < 1.29 is 4.42 Å². The standard InChI is InChI=1S/C56H36N2O/c1-2-14-40(15-3-1)54-51-35-41-16-4-5-17-42(41)36-57(51)49-23-11-22-47(56(49)54)39-29-33-44(34-30-39)58(50-24-12-26-53-55(50)48-20-8-9-25-52(48)59-53)43-31-27-38(28-32-43)46-21-10-18-37-13-6-7-19-45(37)46/h1-36H. The molecule has 3 nitrogen and oxygen atoms in total. The predicted octanol–water partition coefficient (Wildman–Crippen LogP) is 15.8. The molecule has 0 saturated heterocycles. The van der Waals surface area contributed by atoms with Crippen LogP contribution in [0.2, 0.25) is 0 Å². The molecule has 0 atom stereocenters. The Kier molecular flexibility index (Phi) is 7.54. The first-order chi connectivity index (χ1) is 29.3. The van der Waals surface area contributed by atoms with E-state index in [-0.39, 0.29) is 0 Å². The SMILES string of the molecule is c1ccc(-c2c3c(-c4ccc(N(c5ccc(-c6cccc7ccccc67)cc5)c5cccc6oc7ccccc7c56)cc4)cccc3n3cc4ccccc4cc23)cc1. The molecule has 3 aromatic heterocycles. The minimum atomic E-state index is 0.867. The van der Waals surface area contributed by atoms with Crippen molar-refractivity contribution in [1.29, 1.82) is 0 Å². The van der Waals surface area contributed by atoms with Gasteiger partial charge in [-0.15, -0.1) is 0 Å². The molecule has 0 spiro atoms. The van der Waals surface area contributed by atoms with Gasteiger partial charge >= 0.3 is 0 Å². The summed E-state index contributed by atoms with van der Waals surface area (Å²) in [5.41, 5.74) is 14.6. The van der Waals surface area contributed by atoms with E-state index in [2.05, 4.69) is 222 Å². The number of furan rings is 1. The fourth-order valence-electron chi connectivity index (χ4n) is 9.27. The summed E-state index contributed by atoms with van der Waals surface area (Å²) in [6.07, 6.45) is 2.29. The maximum atomic E-state index is 6.42. The fourth-order valence-corrected chi connectivity index (χ4v) is 9.27. The molecule has 0 amide bonds. The molecule has 0 aliphatic carbocycles. The molecule has 0 saturated carbocycles. The number of para-hydroxylation sites is 1.